The zero-order chi connectivity index (χ0) is 13.7. The summed E-state index contributed by atoms with van der Waals surface area (Å²) >= 11 is 0. The van der Waals surface area contributed by atoms with E-state index in [9.17, 15) is 9.90 Å². The fourth-order valence-electron chi connectivity index (χ4n) is 1.80. The highest BCUT2D eigenvalue weighted by molar-refractivity contribution is 5.96. The van der Waals surface area contributed by atoms with Gasteiger partial charge in [-0.15, -0.1) is 0 Å². The molecular formula is C16H16O3. The van der Waals surface area contributed by atoms with Gasteiger partial charge in [-0.25, -0.2) is 0 Å². The third-order valence-electron chi connectivity index (χ3n) is 2.85. The van der Waals surface area contributed by atoms with E-state index in [1.165, 1.54) is 0 Å². The minimum absolute atomic E-state index is 0.0796. The van der Waals surface area contributed by atoms with Crippen LogP contribution in [0.3, 0.4) is 0 Å². The number of para-hydroxylation sites is 1. The number of hydrogen-bond acceptors (Lipinski definition) is 3. The summed E-state index contributed by atoms with van der Waals surface area (Å²) in [4.78, 5) is 11.6. The molecule has 19 heavy (non-hydrogen) atoms. The Kier molecular flexibility index (Phi) is 4.31. The van der Waals surface area contributed by atoms with E-state index in [0.717, 1.165) is 5.56 Å². The van der Waals surface area contributed by atoms with Crippen molar-refractivity contribution in [2.45, 2.75) is 20.0 Å². The molecule has 0 atom stereocenters. The van der Waals surface area contributed by atoms with E-state index in [-0.39, 0.29) is 12.4 Å². The number of carbonyl (C=O) groups excluding carboxylic acids is 1. The Balaban J connectivity index is 2.26. The quantitative estimate of drug-likeness (QED) is 0.832. The summed E-state index contributed by atoms with van der Waals surface area (Å²) in [6, 6.07) is 14.4. The number of aliphatic hydroxyl groups is 1. The minimum atomic E-state index is -0.0796. The molecule has 0 aliphatic heterocycles. The molecule has 0 amide bonds. The molecular weight excluding hydrogens is 240 g/mol. The molecule has 1 N–H and O–H groups in total. The smallest absolute Gasteiger partial charge is 0.162 e. The van der Waals surface area contributed by atoms with Gasteiger partial charge in [-0.1, -0.05) is 37.3 Å². The molecule has 2 aromatic carbocycles. The molecule has 0 saturated carbocycles. The molecule has 2 aromatic rings. The topological polar surface area (TPSA) is 46.5 Å². The van der Waals surface area contributed by atoms with Crippen LogP contribution in [0.2, 0.25) is 0 Å². The molecule has 0 bridgehead atoms. The highest BCUT2D eigenvalue weighted by Gasteiger charge is 2.07. The first-order valence-corrected chi connectivity index (χ1v) is 6.24. The second-order valence-electron chi connectivity index (χ2n) is 4.17. The molecule has 3 heteroatoms. The minimum Gasteiger partial charge on any atom is -0.457 e. The maximum absolute atomic E-state index is 11.6. The number of hydrogen-bond donors (Lipinski definition) is 1. The van der Waals surface area contributed by atoms with Crippen LogP contribution in [0.5, 0.6) is 11.5 Å². The fraction of sp³-hybridized carbons (Fsp3) is 0.188. The summed E-state index contributed by atoms with van der Waals surface area (Å²) < 4.78 is 5.72. The average Bonchev–Trinajstić information content (AvgIpc) is 2.47. The molecule has 98 valence electrons. The SMILES string of the molecule is CCC(=O)c1cccc(Oc2ccccc2CO)c1. The first-order chi connectivity index (χ1) is 9.24. The normalized spacial score (nSPS) is 10.2. The summed E-state index contributed by atoms with van der Waals surface area (Å²) in [6.07, 6.45) is 0.469. The summed E-state index contributed by atoms with van der Waals surface area (Å²) in [7, 11) is 0. The monoisotopic (exact) mass is 256 g/mol. The van der Waals surface area contributed by atoms with Crippen molar-refractivity contribution in [2.24, 2.45) is 0 Å². The molecule has 0 aromatic heterocycles. The van der Waals surface area contributed by atoms with Crippen LogP contribution in [0.15, 0.2) is 48.5 Å². The van der Waals surface area contributed by atoms with Gasteiger partial charge in [-0.05, 0) is 18.2 Å². The Morgan fingerprint density at radius 3 is 2.68 bits per heavy atom. The summed E-state index contributed by atoms with van der Waals surface area (Å²) in [5, 5.41) is 9.24. The van der Waals surface area contributed by atoms with Crippen molar-refractivity contribution in [3.63, 3.8) is 0 Å². The average molecular weight is 256 g/mol. The first-order valence-electron chi connectivity index (χ1n) is 6.24. The van der Waals surface area contributed by atoms with E-state index >= 15 is 0 Å². The van der Waals surface area contributed by atoms with Gasteiger partial charge in [0.15, 0.2) is 5.78 Å². The summed E-state index contributed by atoms with van der Waals surface area (Å²) in [5.74, 6) is 1.28. The van der Waals surface area contributed by atoms with E-state index in [2.05, 4.69) is 0 Å². The van der Waals surface area contributed by atoms with Gasteiger partial charge < -0.3 is 9.84 Å². The van der Waals surface area contributed by atoms with Crippen LogP contribution < -0.4 is 4.74 Å². The van der Waals surface area contributed by atoms with Crippen molar-refractivity contribution >= 4 is 5.78 Å². The molecule has 0 radical (unpaired) electrons. The standard InChI is InChI=1S/C16H16O3/c1-2-15(18)12-7-5-8-14(10-12)19-16-9-4-3-6-13(16)11-17/h3-10,17H,2,11H2,1H3. The Bertz CT molecular complexity index is 576. The van der Waals surface area contributed by atoms with E-state index in [4.69, 9.17) is 4.74 Å². The predicted molar refractivity (Wildman–Crippen MR) is 73.5 cm³/mol. The lowest BCUT2D eigenvalue weighted by atomic mass is 10.1. The van der Waals surface area contributed by atoms with Gasteiger partial charge in [0, 0.05) is 17.5 Å². The number of benzene rings is 2. The van der Waals surface area contributed by atoms with E-state index in [1.807, 2.05) is 19.1 Å². The largest absolute Gasteiger partial charge is 0.457 e. The Morgan fingerprint density at radius 1 is 1.16 bits per heavy atom. The van der Waals surface area contributed by atoms with Crippen molar-refractivity contribution in [1.29, 1.82) is 0 Å². The lowest BCUT2D eigenvalue weighted by molar-refractivity contribution is 0.0988. The van der Waals surface area contributed by atoms with Crippen LogP contribution in [0.25, 0.3) is 0 Å². The molecule has 0 unspecified atom stereocenters. The van der Waals surface area contributed by atoms with Gasteiger partial charge in [0.2, 0.25) is 0 Å². The third-order valence-corrected chi connectivity index (χ3v) is 2.85. The maximum Gasteiger partial charge on any atom is 0.162 e. The van der Waals surface area contributed by atoms with Gasteiger partial charge in [-0.2, -0.15) is 0 Å². The van der Waals surface area contributed by atoms with Crippen LogP contribution in [0.4, 0.5) is 0 Å². The fourth-order valence-corrected chi connectivity index (χ4v) is 1.80. The van der Waals surface area contributed by atoms with E-state index in [0.29, 0.717) is 23.5 Å². The zero-order valence-electron chi connectivity index (χ0n) is 10.8. The molecule has 0 saturated heterocycles. The molecule has 0 spiro atoms. The lowest BCUT2D eigenvalue weighted by Crippen LogP contribution is -1.97. The number of aliphatic hydroxyl groups excluding tert-OH is 1. The number of Topliss-reactive ketones (excluding diaryl/α,β-unsaturated/α-hetero) is 1. The highest BCUT2D eigenvalue weighted by Crippen LogP contribution is 2.26. The lowest BCUT2D eigenvalue weighted by Gasteiger charge is -2.10. The van der Waals surface area contributed by atoms with Gasteiger partial charge in [0.1, 0.15) is 11.5 Å². The molecule has 3 nitrogen and oxygen atoms in total. The number of rotatable bonds is 5. The Hall–Kier alpha value is -2.13. The van der Waals surface area contributed by atoms with Gasteiger partial charge in [-0.3, -0.25) is 4.79 Å². The van der Waals surface area contributed by atoms with Crippen molar-refractivity contribution in [3.8, 4) is 11.5 Å². The second kappa shape index (κ2) is 6.16. The van der Waals surface area contributed by atoms with Crippen LogP contribution in [-0.4, -0.2) is 10.9 Å². The van der Waals surface area contributed by atoms with Crippen molar-refractivity contribution < 1.29 is 14.6 Å². The van der Waals surface area contributed by atoms with Crippen LogP contribution in [0.1, 0.15) is 29.3 Å². The van der Waals surface area contributed by atoms with Gasteiger partial charge in [0.25, 0.3) is 0 Å². The summed E-state index contributed by atoms with van der Waals surface area (Å²) in [6.45, 7) is 1.75. The van der Waals surface area contributed by atoms with Gasteiger partial charge in [0.05, 0.1) is 6.61 Å². The molecule has 2 rings (SSSR count). The van der Waals surface area contributed by atoms with Crippen LogP contribution in [0, 0.1) is 0 Å². The Morgan fingerprint density at radius 2 is 1.95 bits per heavy atom. The second-order valence-corrected chi connectivity index (χ2v) is 4.17. The molecule has 0 aliphatic carbocycles. The molecule has 0 fully saturated rings. The van der Waals surface area contributed by atoms with Crippen LogP contribution in [-0.2, 0) is 6.61 Å². The predicted octanol–water partition coefficient (Wildman–Crippen LogP) is 3.56. The Labute approximate surface area is 112 Å². The van der Waals surface area contributed by atoms with Crippen molar-refractivity contribution in [3.05, 3.63) is 59.7 Å². The van der Waals surface area contributed by atoms with E-state index < -0.39 is 0 Å². The summed E-state index contributed by atoms with van der Waals surface area (Å²) in [5.41, 5.74) is 1.36. The number of carbonyl (C=O) groups is 1. The van der Waals surface area contributed by atoms with Crippen molar-refractivity contribution in [2.75, 3.05) is 0 Å². The molecule has 0 heterocycles. The third kappa shape index (κ3) is 3.20. The zero-order valence-corrected chi connectivity index (χ0v) is 10.8. The number of ether oxygens (including phenoxy) is 1. The first kappa shape index (κ1) is 13.3. The van der Waals surface area contributed by atoms with Gasteiger partial charge >= 0.3 is 0 Å². The molecule has 0 aliphatic rings. The van der Waals surface area contributed by atoms with E-state index in [1.54, 1.807) is 36.4 Å². The maximum atomic E-state index is 11.6. The number of ketones is 1. The highest BCUT2D eigenvalue weighted by atomic mass is 16.5. The van der Waals surface area contributed by atoms with Crippen LogP contribution >= 0.6 is 0 Å². The van der Waals surface area contributed by atoms with Crippen molar-refractivity contribution in [1.82, 2.24) is 0 Å².